The summed E-state index contributed by atoms with van der Waals surface area (Å²) in [5, 5.41) is 0. The largest absolute Gasteiger partial charge is 0.492 e. The summed E-state index contributed by atoms with van der Waals surface area (Å²) >= 11 is 3.55. The second kappa shape index (κ2) is 5.78. The molecule has 1 aromatic carbocycles. The summed E-state index contributed by atoms with van der Waals surface area (Å²) in [5.74, 6) is 0.860. The van der Waals surface area contributed by atoms with Crippen molar-refractivity contribution in [1.82, 2.24) is 9.97 Å². The lowest BCUT2D eigenvalue weighted by molar-refractivity contribution is 0.242. The fraction of sp³-hybridized carbons (Fsp3) is 0.400. The minimum absolute atomic E-state index is 0.272. The third-order valence-corrected chi connectivity index (χ3v) is 3.46. The molecule has 4 heteroatoms. The van der Waals surface area contributed by atoms with Crippen molar-refractivity contribution in [3.8, 4) is 17.0 Å². The van der Waals surface area contributed by atoms with E-state index in [1.807, 2.05) is 24.4 Å². The van der Waals surface area contributed by atoms with Crippen molar-refractivity contribution in [3.05, 3.63) is 35.2 Å². The van der Waals surface area contributed by atoms with Gasteiger partial charge in [-0.05, 0) is 39.9 Å². The first-order valence-corrected chi connectivity index (χ1v) is 7.17. The topological polar surface area (TPSA) is 37.9 Å². The standard InChI is InChI=1S/C15H19BrN2O/c1-15(2,3)7-8-19-14-11(5-4-6-12(14)16)13-9-17-10-18-13/h4-6,9-10H,7-8H2,1-3H3,(H,17,18). The highest BCUT2D eigenvalue weighted by atomic mass is 79.9. The molecule has 2 aromatic rings. The number of para-hydroxylation sites is 1. The van der Waals surface area contributed by atoms with Gasteiger partial charge in [0.2, 0.25) is 0 Å². The zero-order chi connectivity index (χ0) is 13.9. The molecule has 0 aliphatic heterocycles. The van der Waals surface area contributed by atoms with Gasteiger partial charge in [-0.25, -0.2) is 4.98 Å². The number of aromatic nitrogens is 2. The lowest BCUT2D eigenvalue weighted by Crippen LogP contribution is -2.11. The van der Waals surface area contributed by atoms with Crippen LogP contribution in [0, 0.1) is 5.41 Å². The van der Waals surface area contributed by atoms with Gasteiger partial charge < -0.3 is 9.72 Å². The van der Waals surface area contributed by atoms with Crippen molar-refractivity contribution >= 4 is 15.9 Å². The molecule has 0 spiro atoms. The Hall–Kier alpha value is -1.29. The average Bonchev–Trinajstić information content (AvgIpc) is 2.83. The normalized spacial score (nSPS) is 11.6. The third kappa shape index (κ3) is 3.83. The molecule has 0 unspecified atom stereocenters. The van der Waals surface area contributed by atoms with Crippen LogP contribution in [-0.4, -0.2) is 16.6 Å². The van der Waals surface area contributed by atoms with Crippen LogP contribution in [-0.2, 0) is 0 Å². The van der Waals surface area contributed by atoms with E-state index in [2.05, 4.69) is 46.7 Å². The fourth-order valence-electron chi connectivity index (χ4n) is 1.72. The SMILES string of the molecule is CC(C)(C)CCOc1c(Br)cccc1-c1c[nH]cn1. The molecule has 19 heavy (non-hydrogen) atoms. The first kappa shape index (κ1) is 14.1. The zero-order valence-corrected chi connectivity index (χ0v) is 13.1. The Bertz CT molecular complexity index is 530. The minimum Gasteiger partial charge on any atom is -0.492 e. The number of aromatic amines is 1. The number of benzene rings is 1. The van der Waals surface area contributed by atoms with Gasteiger partial charge in [-0.15, -0.1) is 0 Å². The second-order valence-corrected chi connectivity index (χ2v) is 6.58. The van der Waals surface area contributed by atoms with Crippen molar-refractivity contribution in [3.63, 3.8) is 0 Å². The van der Waals surface area contributed by atoms with Crippen LogP contribution in [0.15, 0.2) is 35.2 Å². The average molecular weight is 323 g/mol. The summed E-state index contributed by atoms with van der Waals surface area (Å²) in [6.07, 6.45) is 4.56. The van der Waals surface area contributed by atoms with Crippen LogP contribution < -0.4 is 4.74 Å². The Labute approximate surface area is 122 Å². The van der Waals surface area contributed by atoms with E-state index < -0.39 is 0 Å². The van der Waals surface area contributed by atoms with E-state index in [1.165, 1.54) is 0 Å². The van der Waals surface area contributed by atoms with Crippen molar-refractivity contribution in [2.24, 2.45) is 5.41 Å². The van der Waals surface area contributed by atoms with E-state index in [-0.39, 0.29) is 5.41 Å². The van der Waals surface area contributed by atoms with Crippen LogP contribution in [0.25, 0.3) is 11.3 Å². The second-order valence-electron chi connectivity index (χ2n) is 5.73. The molecule has 1 heterocycles. The molecule has 0 aliphatic rings. The molecule has 2 rings (SSSR count). The van der Waals surface area contributed by atoms with Crippen LogP contribution in [0.5, 0.6) is 5.75 Å². The molecule has 102 valence electrons. The van der Waals surface area contributed by atoms with Gasteiger partial charge in [0, 0.05) is 11.8 Å². The number of hydrogen-bond donors (Lipinski definition) is 1. The maximum atomic E-state index is 5.97. The van der Waals surface area contributed by atoms with Crippen LogP contribution in [0.3, 0.4) is 0 Å². The Morgan fingerprint density at radius 3 is 2.74 bits per heavy atom. The molecule has 0 atom stereocenters. The van der Waals surface area contributed by atoms with Gasteiger partial charge in [0.25, 0.3) is 0 Å². The number of halogens is 1. The molecule has 0 aliphatic carbocycles. The summed E-state index contributed by atoms with van der Waals surface area (Å²) in [6.45, 7) is 7.34. The molecular formula is C15H19BrN2O. The van der Waals surface area contributed by atoms with E-state index in [0.717, 1.165) is 27.9 Å². The Balaban J connectivity index is 2.19. The quantitative estimate of drug-likeness (QED) is 0.889. The predicted octanol–water partition coefficient (Wildman–Crippen LogP) is 4.65. The van der Waals surface area contributed by atoms with Crippen molar-refractivity contribution in [1.29, 1.82) is 0 Å². The Morgan fingerprint density at radius 1 is 1.32 bits per heavy atom. The molecule has 0 fully saturated rings. The number of rotatable bonds is 4. The summed E-state index contributed by atoms with van der Waals surface area (Å²) in [7, 11) is 0. The van der Waals surface area contributed by atoms with Gasteiger partial charge in [0.15, 0.2) is 0 Å². The zero-order valence-electron chi connectivity index (χ0n) is 11.5. The summed E-state index contributed by atoms with van der Waals surface area (Å²) in [5.41, 5.74) is 2.17. The lowest BCUT2D eigenvalue weighted by atomic mass is 9.93. The lowest BCUT2D eigenvalue weighted by Gasteiger charge is -2.19. The number of hydrogen-bond acceptors (Lipinski definition) is 2. The van der Waals surface area contributed by atoms with Gasteiger partial charge in [0.05, 0.1) is 23.1 Å². The Morgan fingerprint density at radius 2 is 2.11 bits per heavy atom. The monoisotopic (exact) mass is 322 g/mol. The highest BCUT2D eigenvalue weighted by Gasteiger charge is 2.14. The molecule has 0 saturated carbocycles. The number of H-pyrrole nitrogens is 1. The number of ether oxygens (including phenoxy) is 1. The van der Waals surface area contributed by atoms with E-state index in [9.17, 15) is 0 Å². The van der Waals surface area contributed by atoms with Crippen LogP contribution in [0.2, 0.25) is 0 Å². The number of nitrogens with zero attached hydrogens (tertiary/aromatic N) is 1. The molecule has 0 saturated heterocycles. The summed E-state index contributed by atoms with van der Waals surface area (Å²) in [4.78, 5) is 7.26. The van der Waals surface area contributed by atoms with E-state index in [4.69, 9.17) is 4.74 Å². The molecular weight excluding hydrogens is 304 g/mol. The number of nitrogens with one attached hydrogen (secondary N) is 1. The Kier molecular flexibility index (Phi) is 4.30. The predicted molar refractivity (Wildman–Crippen MR) is 81.3 cm³/mol. The van der Waals surface area contributed by atoms with E-state index in [0.29, 0.717) is 6.61 Å². The van der Waals surface area contributed by atoms with E-state index in [1.54, 1.807) is 6.33 Å². The molecule has 3 nitrogen and oxygen atoms in total. The van der Waals surface area contributed by atoms with Crippen LogP contribution in [0.1, 0.15) is 27.2 Å². The number of imidazole rings is 1. The van der Waals surface area contributed by atoms with Crippen LogP contribution in [0.4, 0.5) is 0 Å². The molecule has 1 aromatic heterocycles. The fourth-order valence-corrected chi connectivity index (χ4v) is 2.20. The van der Waals surface area contributed by atoms with E-state index >= 15 is 0 Å². The first-order chi connectivity index (χ1) is 8.97. The van der Waals surface area contributed by atoms with Gasteiger partial charge in [0.1, 0.15) is 5.75 Å². The van der Waals surface area contributed by atoms with Gasteiger partial charge in [-0.1, -0.05) is 26.8 Å². The summed E-state index contributed by atoms with van der Waals surface area (Å²) in [6, 6.07) is 6.00. The third-order valence-electron chi connectivity index (χ3n) is 2.84. The van der Waals surface area contributed by atoms with Gasteiger partial charge in [-0.2, -0.15) is 0 Å². The smallest absolute Gasteiger partial charge is 0.142 e. The van der Waals surface area contributed by atoms with Crippen molar-refractivity contribution in [2.45, 2.75) is 27.2 Å². The summed E-state index contributed by atoms with van der Waals surface area (Å²) < 4.78 is 6.93. The molecule has 0 bridgehead atoms. The minimum atomic E-state index is 0.272. The van der Waals surface area contributed by atoms with Crippen molar-refractivity contribution < 1.29 is 4.74 Å². The van der Waals surface area contributed by atoms with Crippen LogP contribution >= 0.6 is 15.9 Å². The maximum Gasteiger partial charge on any atom is 0.142 e. The van der Waals surface area contributed by atoms with Crippen molar-refractivity contribution in [2.75, 3.05) is 6.61 Å². The van der Waals surface area contributed by atoms with Gasteiger partial charge >= 0.3 is 0 Å². The molecule has 0 amide bonds. The van der Waals surface area contributed by atoms with Gasteiger partial charge in [-0.3, -0.25) is 0 Å². The highest BCUT2D eigenvalue weighted by Crippen LogP contribution is 2.35. The molecule has 1 N–H and O–H groups in total. The molecule has 0 radical (unpaired) electrons. The highest BCUT2D eigenvalue weighted by molar-refractivity contribution is 9.10. The first-order valence-electron chi connectivity index (χ1n) is 6.38. The maximum absolute atomic E-state index is 5.97.